The summed E-state index contributed by atoms with van der Waals surface area (Å²) in [5, 5.41) is 12.7. The van der Waals surface area contributed by atoms with Gasteiger partial charge in [-0.05, 0) is 67.4 Å². The van der Waals surface area contributed by atoms with Crippen LogP contribution in [0.25, 0.3) is 5.69 Å². The lowest BCUT2D eigenvalue weighted by molar-refractivity contribution is 0.0951. The van der Waals surface area contributed by atoms with Gasteiger partial charge >= 0.3 is 0 Å². The molecule has 0 atom stereocenters. The molecule has 0 saturated carbocycles. The Bertz CT molecular complexity index is 1080. The Labute approximate surface area is 156 Å². The summed E-state index contributed by atoms with van der Waals surface area (Å²) >= 11 is 0. The molecular formula is C21H17FN4O. The number of aromatic nitrogens is 1. The highest BCUT2D eigenvalue weighted by Crippen LogP contribution is 2.16. The van der Waals surface area contributed by atoms with Crippen molar-refractivity contribution in [3.63, 3.8) is 0 Å². The number of amides is 1. The SMILES string of the molecule is Cc1ccc(-n2cccc2/C=N\NC(=O)c2ccc(C#N)cc2F)cc1C. The highest BCUT2D eigenvalue weighted by atomic mass is 19.1. The molecule has 3 aromatic rings. The molecule has 0 bridgehead atoms. The van der Waals surface area contributed by atoms with E-state index in [4.69, 9.17) is 5.26 Å². The molecule has 3 rings (SSSR count). The Morgan fingerprint density at radius 2 is 2.00 bits per heavy atom. The van der Waals surface area contributed by atoms with Gasteiger partial charge in [-0.2, -0.15) is 10.4 Å². The smallest absolute Gasteiger partial charge is 0.274 e. The van der Waals surface area contributed by atoms with Crippen molar-refractivity contribution in [2.24, 2.45) is 5.10 Å². The molecule has 1 N–H and O–H groups in total. The number of hydrazone groups is 1. The standard InChI is InChI=1S/C21H17FN4O/c1-14-5-7-17(10-15(14)2)26-9-3-4-18(26)13-24-25-21(27)19-8-6-16(12-23)11-20(19)22/h3-11,13H,1-2H3,(H,25,27)/b24-13-. The maximum atomic E-state index is 13.9. The van der Waals surface area contributed by atoms with Crippen molar-refractivity contribution in [3.8, 4) is 11.8 Å². The van der Waals surface area contributed by atoms with Gasteiger partial charge in [0.15, 0.2) is 0 Å². The lowest BCUT2D eigenvalue weighted by atomic mass is 10.1. The van der Waals surface area contributed by atoms with Crippen molar-refractivity contribution in [2.45, 2.75) is 13.8 Å². The fourth-order valence-electron chi connectivity index (χ4n) is 2.60. The fraction of sp³-hybridized carbons (Fsp3) is 0.0952. The first-order valence-electron chi connectivity index (χ1n) is 8.27. The van der Waals surface area contributed by atoms with Crippen LogP contribution < -0.4 is 5.43 Å². The van der Waals surface area contributed by atoms with E-state index in [1.807, 2.05) is 48.0 Å². The largest absolute Gasteiger partial charge is 0.316 e. The summed E-state index contributed by atoms with van der Waals surface area (Å²) < 4.78 is 15.8. The van der Waals surface area contributed by atoms with E-state index < -0.39 is 11.7 Å². The molecule has 0 radical (unpaired) electrons. The predicted octanol–water partition coefficient (Wildman–Crippen LogP) is 3.87. The van der Waals surface area contributed by atoms with Crippen molar-refractivity contribution < 1.29 is 9.18 Å². The molecule has 0 aliphatic rings. The zero-order chi connectivity index (χ0) is 19.4. The Kier molecular flexibility index (Phi) is 5.13. The van der Waals surface area contributed by atoms with Crippen molar-refractivity contribution in [1.82, 2.24) is 9.99 Å². The summed E-state index contributed by atoms with van der Waals surface area (Å²) in [4.78, 5) is 12.1. The quantitative estimate of drug-likeness (QED) is 0.567. The molecule has 1 aromatic heterocycles. The molecule has 134 valence electrons. The number of aryl methyl sites for hydroxylation is 2. The number of nitriles is 1. The number of hydrogen-bond donors (Lipinski definition) is 1. The number of benzene rings is 2. The minimum Gasteiger partial charge on any atom is -0.316 e. The first kappa shape index (κ1) is 18.1. The molecule has 0 aliphatic heterocycles. The van der Waals surface area contributed by atoms with Gasteiger partial charge < -0.3 is 4.57 Å². The summed E-state index contributed by atoms with van der Waals surface area (Å²) in [6.45, 7) is 4.09. The van der Waals surface area contributed by atoms with Crippen LogP contribution in [0.1, 0.15) is 32.7 Å². The Balaban J connectivity index is 1.76. The summed E-state index contributed by atoms with van der Waals surface area (Å²) in [6.07, 6.45) is 3.39. The zero-order valence-electron chi connectivity index (χ0n) is 14.9. The maximum Gasteiger partial charge on any atom is 0.274 e. The number of nitrogens with zero attached hydrogens (tertiary/aromatic N) is 3. The molecule has 0 spiro atoms. The van der Waals surface area contributed by atoms with Gasteiger partial charge in [-0.3, -0.25) is 4.79 Å². The highest BCUT2D eigenvalue weighted by molar-refractivity contribution is 5.95. The molecule has 0 aliphatic carbocycles. The van der Waals surface area contributed by atoms with Crippen LogP contribution in [0.4, 0.5) is 4.39 Å². The first-order chi connectivity index (χ1) is 13.0. The van der Waals surface area contributed by atoms with Gasteiger partial charge in [-0.15, -0.1) is 0 Å². The highest BCUT2D eigenvalue weighted by Gasteiger charge is 2.11. The van der Waals surface area contributed by atoms with E-state index >= 15 is 0 Å². The van der Waals surface area contributed by atoms with Gasteiger partial charge in [0, 0.05) is 11.9 Å². The van der Waals surface area contributed by atoms with Crippen LogP contribution in [0.2, 0.25) is 0 Å². The van der Waals surface area contributed by atoms with Crippen molar-refractivity contribution >= 4 is 12.1 Å². The van der Waals surface area contributed by atoms with E-state index in [0.29, 0.717) is 0 Å². The number of carbonyl (C=O) groups excluding carboxylic acids is 1. The Morgan fingerprint density at radius 3 is 2.70 bits per heavy atom. The summed E-state index contributed by atoms with van der Waals surface area (Å²) in [5.74, 6) is -1.45. The molecule has 1 heterocycles. The van der Waals surface area contributed by atoms with Crippen LogP contribution in [0.5, 0.6) is 0 Å². The van der Waals surface area contributed by atoms with Gasteiger partial charge in [0.05, 0.1) is 29.1 Å². The van der Waals surface area contributed by atoms with E-state index in [-0.39, 0.29) is 11.1 Å². The second-order valence-electron chi connectivity index (χ2n) is 6.08. The second-order valence-corrected chi connectivity index (χ2v) is 6.08. The maximum absolute atomic E-state index is 13.9. The van der Waals surface area contributed by atoms with Gasteiger partial charge in [0.2, 0.25) is 0 Å². The Morgan fingerprint density at radius 1 is 1.19 bits per heavy atom. The van der Waals surface area contributed by atoms with Gasteiger partial charge in [0.25, 0.3) is 5.91 Å². The minimum absolute atomic E-state index is 0.152. The van der Waals surface area contributed by atoms with Crippen LogP contribution in [-0.2, 0) is 0 Å². The third kappa shape index (κ3) is 3.93. The zero-order valence-corrected chi connectivity index (χ0v) is 14.9. The molecule has 2 aromatic carbocycles. The van der Waals surface area contributed by atoms with Gasteiger partial charge in [-0.25, -0.2) is 9.82 Å². The normalized spacial score (nSPS) is 10.7. The number of nitrogens with one attached hydrogen (secondary N) is 1. The molecule has 5 nitrogen and oxygen atoms in total. The van der Waals surface area contributed by atoms with Gasteiger partial charge in [0.1, 0.15) is 5.82 Å². The van der Waals surface area contributed by atoms with Crippen LogP contribution in [0, 0.1) is 31.0 Å². The third-order valence-corrected chi connectivity index (χ3v) is 4.25. The van der Waals surface area contributed by atoms with Crippen molar-refractivity contribution in [2.75, 3.05) is 0 Å². The molecule has 0 unspecified atom stereocenters. The minimum atomic E-state index is -0.764. The molecule has 0 fully saturated rings. The number of rotatable bonds is 4. The van der Waals surface area contributed by atoms with E-state index in [1.54, 1.807) is 0 Å². The van der Waals surface area contributed by atoms with Crippen molar-refractivity contribution in [3.05, 3.63) is 88.5 Å². The fourth-order valence-corrected chi connectivity index (χ4v) is 2.60. The van der Waals surface area contributed by atoms with E-state index in [1.165, 1.54) is 29.5 Å². The third-order valence-electron chi connectivity index (χ3n) is 4.25. The number of hydrogen-bond acceptors (Lipinski definition) is 3. The Hall–Kier alpha value is -3.72. The van der Waals surface area contributed by atoms with E-state index in [2.05, 4.69) is 23.5 Å². The second kappa shape index (κ2) is 7.67. The summed E-state index contributed by atoms with van der Waals surface area (Å²) in [7, 11) is 0. The molecular weight excluding hydrogens is 343 g/mol. The van der Waals surface area contributed by atoms with Crippen LogP contribution in [0.3, 0.4) is 0 Å². The molecule has 1 amide bonds. The average Bonchev–Trinajstić information content (AvgIpc) is 3.12. The van der Waals surface area contributed by atoms with Crippen molar-refractivity contribution in [1.29, 1.82) is 5.26 Å². The van der Waals surface area contributed by atoms with E-state index in [9.17, 15) is 9.18 Å². The van der Waals surface area contributed by atoms with Gasteiger partial charge in [-0.1, -0.05) is 6.07 Å². The number of halogens is 1. The van der Waals surface area contributed by atoms with Crippen LogP contribution in [0.15, 0.2) is 59.8 Å². The predicted molar refractivity (Wildman–Crippen MR) is 101 cm³/mol. The summed E-state index contributed by atoms with van der Waals surface area (Å²) in [6, 6.07) is 15.3. The molecule has 0 saturated heterocycles. The van der Waals surface area contributed by atoms with E-state index in [0.717, 1.165) is 17.4 Å². The topological polar surface area (TPSA) is 70.2 Å². The average molecular weight is 360 g/mol. The summed E-state index contributed by atoms with van der Waals surface area (Å²) in [5.41, 5.74) is 6.41. The number of carbonyl (C=O) groups is 1. The lowest BCUT2D eigenvalue weighted by Crippen LogP contribution is -2.19. The van der Waals surface area contributed by atoms with Crippen LogP contribution in [-0.4, -0.2) is 16.7 Å². The molecule has 6 heteroatoms. The van der Waals surface area contributed by atoms with Crippen LogP contribution >= 0.6 is 0 Å². The molecule has 27 heavy (non-hydrogen) atoms. The monoisotopic (exact) mass is 360 g/mol. The first-order valence-corrected chi connectivity index (χ1v) is 8.27. The lowest BCUT2D eigenvalue weighted by Gasteiger charge is -2.09.